The van der Waals surface area contributed by atoms with Crippen molar-refractivity contribution in [3.05, 3.63) is 58.4 Å². The van der Waals surface area contributed by atoms with Crippen molar-refractivity contribution in [3.63, 3.8) is 0 Å². The van der Waals surface area contributed by atoms with Crippen molar-refractivity contribution in [1.29, 1.82) is 5.26 Å². The largest absolute Gasteiger partial charge is 0.506 e. The van der Waals surface area contributed by atoms with Gasteiger partial charge in [-0.05, 0) is 12.1 Å². The van der Waals surface area contributed by atoms with Crippen LogP contribution in [0, 0.1) is 40.4 Å². The zero-order chi connectivity index (χ0) is 17.3. The molecule has 2 aromatic rings. The van der Waals surface area contributed by atoms with E-state index in [4.69, 9.17) is 5.26 Å². The summed E-state index contributed by atoms with van der Waals surface area (Å²) in [6.45, 7) is 0. The third kappa shape index (κ3) is 2.66. The van der Waals surface area contributed by atoms with Crippen LogP contribution in [-0.2, 0) is 0 Å². The number of rotatable bonds is 2. The van der Waals surface area contributed by atoms with Gasteiger partial charge in [0.15, 0.2) is 0 Å². The molecule has 0 heterocycles. The van der Waals surface area contributed by atoms with E-state index in [1.165, 1.54) is 6.07 Å². The SMILES string of the molecule is N#Cc1cccc(C(=O)Oc2c(F)c(F)c(F)c(F)c2F)c1O. The summed E-state index contributed by atoms with van der Waals surface area (Å²) in [6.07, 6.45) is 0. The van der Waals surface area contributed by atoms with Crippen LogP contribution in [0.5, 0.6) is 11.5 Å². The predicted molar refractivity (Wildman–Crippen MR) is 64.0 cm³/mol. The Morgan fingerprint density at radius 3 is 2.04 bits per heavy atom. The molecule has 0 saturated carbocycles. The van der Waals surface area contributed by atoms with E-state index in [0.29, 0.717) is 0 Å². The number of hydrogen-bond acceptors (Lipinski definition) is 4. The van der Waals surface area contributed by atoms with Gasteiger partial charge in [-0.2, -0.15) is 14.0 Å². The highest BCUT2D eigenvalue weighted by molar-refractivity contribution is 5.94. The van der Waals surface area contributed by atoms with Gasteiger partial charge in [0.25, 0.3) is 0 Å². The average molecular weight is 329 g/mol. The fourth-order valence-electron chi connectivity index (χ4n) is 1.62. The molecule has 118 valence electrons. The number of nitrogens with zero attached hydrogens (tertiary/aromatic N) is 1. The summed E-state index contributed by atoms with van der Waals surface area (Å²) >= 11 is 0. The molecule has 0 amide bonds. The zero-order valence-electron chi connectivity index (χ0n) is 10.8. The quantitative estimate of drug-likeness (QED) is 0.302. The molecule has 0 radical (unpaired) electrons. The maximum atomic E-state index is 13.4. The van der Waals surface area contributed by atoms with E-state index in [1.54, 1.807) is 0 Å². The number of benzene rings is 2. The Bertz CT molecular complexity index is 831. The third-order valence-corrected chi connectivity index (χ3v) is 2.74. The predicted octanol–water partition coefficient (Wildman–Crippen LogP) is 3.18. The van der Waals surface area contributed by atoms with Crippen molar-refractivity contribution >= 4 is 5.97 Å². The summed E-state index contributed by atoms with van der Waals surface area (Å²) in [4.78, 5) is 11.8. The van der Waals surface area contributed by atoms with Crippen molar-refractivity contribution in [3.8, 4) is 17.6 Å². The molecule has 0 aliphatic carbocycles. The van der Waals surface area contributed by atoms with Crippen LogP contribution in [0.15, 0.2) is 18.2 Å². The van der Waals surface area contributed by atoms with Crippen LogP contribution in [0.1, 0.15) is 15.9 Å². The number of halogens is 5. The molecule has 0 spiro atoms. The van der Waals surface area contributed by atoms with Crippen LogP contribution in [0.25, 0.3) is 0 Å². The van der Waals surface area contributed by atoms with Crippen molar-refractivity contribution in [2.24, 2.45) is 0 Å². The van der Waals surface area contributed by atoms with Gasteiger partial charge in [-0.25, -0.2) is 18.0 Å². The molecule has 1 N–H and O–H groups in total. The number of carbonyl (C=O) groups is 1. The van der Waals surface area contributed by atoms with Gasteiger partial charge >= 0.3 is 5.97 Å². The Hall–Kier alpha value is -3.15. The second-order valence-corrected chi connectivity index (χ2v) is 4.10. The highest BCUT2D eigenvalue weighted by Crippen LogP contribution is 2.31. The molecule has 4 nitrogen and oxygen atoms in total. The first-order valence-corrected chi connectivity index (χ1v) is 5.75. The summed E-state index contributed by atoms with van der Waals surface area (Å²) in [7, 11) is 0. The summed E-state index contributed by atoms with van der Waals surface area (Å²) in [6, 6.07) is 4.74. The summed E-state index contributed by atoms with van der Waals surface area (Å²) < 4.78 is 69.9. The molecule has 0 aliphatic rings. The Morgan fingerprint density at radius 2 is 1.52 bits per heavy atom. The Balaban J connectivity index is 2.49. The molecule has 9 heteroatoms. The van der Waals surface area contributed by atoms with E-state index in [0.717, 1.165) is 18.2 Å². The van der Waals surface area contributed by atoms with Crippen LogP contribution in [0.3, 0.4) is 0 Å². The molecule has 0 atom stereocenters. The van der Waals surface area contributed by atoms with Crippen LogP contribution in [-0.4, -0.2) is 11.1 Å². The Kier molecular flexibility index (Phi) is 4.18. The van der Waals surface area contributed by atoms with Gasteiger partial charge in [-0.1, -0.05) is 6.07 Å². The number of esters is 1. The van der Waals surface area contributed by atoms with Gasteiger partial charge in [0, 0.05) is 0 Å². The average Bonchev–Trinajstić information content (AvgIpc) is 2.55. The smallest absolute Gasteiger partial charge is 0.347 e. The number of nitriles is 1. The maximum Gasteiger partial charge on any atom is 0.347 e. The molecule has 0 fully saturated rings. The number of ether oxygens (including phenoxy) is 1. The van der Waals surface area contributed by atoms with E-state index in [1.807, 2.05) is 0 Å². The summed E-state index contributed by atoms with van der Waals surface area (Å²) in [5, 5.41) is 18.3. The monoisotopic (exact) mass is 329 g/mol. The lowest BCUT2D eigenvalue weighted by Crippen LogP contribution is -2.14. The normalized spacial score (nSPS) is 10.3. The maximum absolute atomic E-state index is 13.4. The topological polar surface area (TPSA) is 70.3 Å². The first-order chi connectivity index (χ1) is 10.8. The minimum Gasteiger partial charge on any atom is -0.506 e. The molecule has 2 rings (SSSR count). The fourth-order valence-corrected chi connectivity index (χ4v) is 1.62. The minimum atomic E-state index is -2.41. The lowest BCUT2D eigenvalue weighted by Gasteiger charge is -2.09. The lowest BCUT2D eigenvalue weighted by atomic mass is 10.1. The molecule has 0 aromatic heterocycles. The molecular weight excluding hydrogens is 325 g/mol. The van der Waals surface area contributed by atoms with Gasteiger partial charge < -0.3 is 9.84 Å². The highest BCUT2D eigenvalue weighted by atomic mass is 19.2. The van der Waals surface area contributed by atoms with Crippen LogP contribution in [0.2, 0.25) is 0 Å². The number of aromatic hydroxyl groups is 1. The standard InChI is InChI=1S/C14H4F5NO3/c15-7-8(16)10(18)13(11(19)9(7)17)23-14(22)6-3-1-2-5(4-20)12(6)21/h1-3,21H. The first-order valence-electron chi connectivity index (χ1n) is 5.75. The van der Waals surface area contributed by atoms with Crippen LogP contribution >= 0.6 is 0 Å². The summed E-state index contributed by atoms with van der Waals surface area (Å²) in [5.41, 5.74) is -1.04. The van der Waals surface area contributed by atoms with E-state index in [-0.39, 0.29) is 5.56 Å². The van der Waals surface area contributed by atoms with E-state index < -0.39 is 52.1 Å². The van der Waals surface area contributed by atoms with Crippen LogP contribution < -0.4 is 4.74 Å². The van der Waals surface area contributed by atoms with Crippen molar-refractivity contribution in [1.82, 2.24) is 0 Å². The Labute approximate surface area is 125 Å². The molecule has 23 heavy (non-hydrogen) atoms. The second kappa shape index (κ2) is 5.92. The molecule has 0 aliphatic heterocycles. The van der Waals surface area contributed by atoms with E-state index >= 15 is 0 Å². The minimum absolute atomic E-state index is 0.350. The van der Waals surface area contributed by atoms with Gasteiger partial charge in [0.2, 0.25) is 34.8 Å². The second-order valence-electron chi connectivity index (χ2n) is 4.10. The number of phenolic OH excluding ortho intramolecular Hbond substituents is 1. The number of phenols is 1. The van der Waals surface area contributed by atoms with Crippen molar-refractivity contribution in [2.45, 2.75) is 0 Å². The fraction of sp³-hybridized carbons (Fsp3) is 0. The van der Waals surface area contributed by atoms with Gasteiger partial charge in [0.1, 0.15) is 17.4 Å². The molecule has 0 unspecified atom stereocenters. The molecule has 0 saturated heterocycles. The van der Waals surface area contributed by atoms with Gasteiger partial charge in [0.05, 0.1) is 5.56 Å². The zero-order valence-corrected chi connectivity index (χ0v) is 10.8. The number of carbonyl (C=O) groups excluding carboxylic acids is 1. The van der Waals surface area contributed by atoms with E-state index in [2.05, 4.69) is 4.74 Å². The van der Waals surface area contributed by atoms with Gasteiger partial charge in [-0.3, -0.25) is 0 Å². The number of hydrogen-bond donors (Lipinski definition) is 1. The van der Waals surface area contributed by atoms with Crippen molar-refractivity contribution in [2.75, 3.05) is 0 Å². The third-order valence-electron chi connectivity index (χ3n) is 2.74. The van der Waals surface area contributed by atoms with Crippen molar-refractivity contribution < 1.29 is 36.6 Å². The summed E-state index contributed by atoms with van der Waals surface area (Å²) in [5.74, 6) is -16.0. The van der Waals surface area contributed by atoms with E-state index in [9.17, 15) is 31.9 Å². The van der Waals surface area contributed by atoms with Gasteiger partial charge in [-0.15, -0.1) is 0 Å². The Morgan fingerprint density at radius 1 is 1.00 bits per heavy atom. The highest BCUT2D eigenvalue weighted by Gasteiger charge is 2.29. The number of para-hydroxylation sites is 1. The molecular formula is C14H4F5NO3. The first kappa shape index (κ1) is 16.2. The molecule has 2 aromatic carbocycles. The lowest BCUT2D eigenvalue weighted by molar-refractivity contribution is 0.0713. The van der Waals surface area contributed by atoms with Crippen LogP contribution in [0.4, 0.5) is 22.0 Å². The molecule has 0 bridgehead atoms.